The summed E-state index contributed by atoms with van der Waals surface area (Å²) >= 11 is 1.62. The van der Waals surface area contributed by atoms with Crippen LogP contribution in [-0.4, -0.2) is 4.98 Å². The normalized spacial score (nSPS) is 12.0. The molecule has 0 unspecified atom stereocenters. The fourth-order valence-electron chi connectivity index (χ4n) is 1.18. The number of thiazole rings is 1. The first-order chi connectivity index (χ1) is 6.01. The largest absolute Gasteiger partial charge is 0.389 e. The van der Waals surface area contributed by atoms with Crippen molar-refractivity contribution in [3.05, 3.63) is 10.7 Å². The predicted octanol–water partition coefficient (Wildman–Crippen LogP) is 2.98. The zero-order valence-electron chi connectivity index (χ0n) is 8.85. The van der Waals surface area contributed by atoms with Crippen molar-refractivity contribution < 1.29 is 0 Å². The van der Waals surface area contributed by atoms with Crippen molar-refractivity contribution in [3.63, 3.8) is 0 Å². The lowest BCUT2D eigenvalue weighted by Gasteiger charge is -2.20. The van der Waals surface area contributed by atoms with E-state index in [1.165, 1.54) is 0 Å². The van der Waals surface area contributed by atoms with Gasteiger partial charge in [-0.3, -0.25) is 0 Å². The molecule has 0 aromatic carbocycles. The lowest BCUT2D eigenvalue weighted by molar-refractivity contribution is 0.494. The fourth-order valence-corrected chi connectivity index (χ4v) is 2.14. The van der Waals surface area contributed by atoms with Crippen LogP contribution in [0.15, 0.2) is 0 Å². The van der Waals surface area contributed by atoms with E-state index in [-0.39, 0.29) is 5.41 Å². The third kappa shape index (κ3) is 2.02. The van der Waals surface area contributed by atoms with Gasteiger partial charge in [0.1, 0.15) is 5.00 Å². The Labute approximate surface area is 84.2 Å². The van der Waals surface area contributed by atoms with Crippen LogP contribution in [0, 0.1) is 0 Å². The lowest BCUT2D eigenvalue weighted by Crippen LogP contribution is -2.17. The van der Waals surface area contributed by atoms with Gasteiger partial charge >= 0.3 is 0 Å². The Balaban J connectivity index is 3.07. The number of rotatable bonds is 3. The number of nitrogens with two attached hydrogens (primary N) is 1. The van der Waals surface area contributed by atoms with Gasteiger partial charge in [-0.05, 0) is 12.8 Å². The number of anilines is 1. The number of hydrogen-bond acceptors (Lipinski definition) is 3. The van der Waals surface area contributed by atoms with Gasteiger partial charge in [0.15, 0.2) is 0 Å². The molecule has 3 heteroatoms. The fraction of sp³-hybridized carbons (Fsp3) is 0.700. The van der Waals surface area contributed by atoms with E-state index in [4.69, 9.17) is 5.73 Å². The molecule has 0 bridgehead atoms. The van der Waals surface area contributed by atoms with Crippen LogP contribution in [-0.2, 0) is 11.8 Å². The molecular weight excluding hydrogens is 180 g/mol. The average Bonchev–Trinajstić information content (AvgIpc) is 2.47. The van der Waals surface area contributed by atoms with Gasteiger partial charge < -0.3 is 5.73 Å². The molecular formula is C10H18N2S. The van der Waals surface area contributed by atoms with Crippen LogP contribution in [0.2, 0.25) is 0 Å². The summed E-state index contributed by atoms with van der Waals surface area (Å²) in [6.45, 7) is 8.67. The quantitative estimate of drug-likeness (QED) is 0.811. The summed E-state index contributed by atoms with van der Waals surface area (Å²) in [4.78, 5) is 4.56. The monoisotopic (exact) mass is 198 g/mol. The Morgan fingerprint density at radius 3 is 2.38 bits per heavy atom. The van der Waals surface area contributed by atoms with Crippen LogP contribution in [0.3, 0.4) is 0 Å². The molecule has 1 aromatic heterocycles. The van der Waals surface area contributed by atoms with E-state index < -0.39 is 0 Å². The molecule has 1 aromatic rings. The van der Waals surface area contributed by atoms with Gasteiger partial charge in [0, 0.05) is 5.41 Å². The van der Waals surface area contributed by atoms with Gasteiger partial charge in [-0.1, -0.05) is 27.7 Å². The third-order valence-electron chi connectivity index (χ3n) is 2.53. The SMILES string of the molecule is CCc1nc(C(C)(C)CC)c(N)s1. The third-order valence-corrected chi connectivity index (χ3v) is 3.55. The minimum absolute atomic E-state index is 0.119. The van der Waals surface area contributed by atoms with Crippen LogP contribution in [0.5, 0.6) is 0 Å². The molecule has 0 aliphatic rings. The summed E-state index contributed by atoms with van der Waals surface area (Å²) in [6, 6.07) is 0. The molecule has 0 amide bonds. The molecule has 0 spiro atoms. The summed E-state index contributed by atoms with van der Waals surface area (Å²) in [5, 5.41) is 2.04. The maximum atomic E-state index is 5.93. The molecule has 0 fully saturated rings. The number of nitrogens with zero attached hydrogens (tertiary/aromatic N) is 1. The summed E-state index contributed by atoms with van der Waals surface area (Å²) in [7, 11) is 0. The Kier molecular flexibility index (Phi) is 2.96. The van der Waals surface area contributed by atoms with Crippen LogP contribution in [0.25, 0.3) is 0 Å². The number of aromatic nitrogens is 1. The summed E-state index contributed by atoms with van der Waals surface area (Å²) in [6.07, 6.45) is 2.05. The van der Waals surface area contributed by atoms with Crippen molar-refractivity contribution >= 4 is 16.3 Å². The molecule has 1 rings (SSSR count). The highest BCUT2D eigenvalue weighted by atomic mass is 32.1. The van der Waals surface area contributed by atoms with Gasteiger partial charge in [0.05, 0.1) is 10.7 Å². The molecule has 13 heavy (non-hydrogen) atoms. The zero-order valence-corrected chi connectivity index (χ0v) is 9.66. The molecule has 0 aliphatic carbocycles. The van der Waals surface area contributed by atoms with Crippen LogP contribution < -0.4 is 5.73 Å². The van der Waals surface area contributed by atoms with Crippen LogP contribution in [0.4, 0.5) is 5.00 Å². The van der Waals surface area contributed by atoms with Crippen LogP contribution in [0.1, 0.15) is 44.8 Å². The Bertz CT molecular complexity index is 289. The maximum Gasteiger partial charge on any atom is 0.110 e. The second-order valence-electron chi connectivity index (χ2n) is 3.91. The summed E-state index contributed by atoms with van der Waals surface area (Å²) in [5.41, 5.74) is 7.13. The molecule has 2 N–H and O–H groups in total. The topological polar surface area (TPSA) is 38.9 Å². The average molecular weight is 198 g/mol. The number of aryl methyl sites for hydroxylation is 1. The van der Waals surface area contributed by atoms with Gasteiger partial charge in [-0.2, -0.15) is 0 Å². The summed E-state index contributed by atoms with van der Waals surface area (Å²) < 4.78 is 0. The van der Waals surface area contributed by atoms with Crippen molar-refractivity contribution in [2.45, 2.75) is 46.0 Å². The van der Waals surface area contributed by atoms with E-state index >= 15 is 0 Å². The van der Waals surface area contributed by atoms with Gasteiger partial charge in [0.2, 0.25) is 0 Å². The highest BCUT2D eigenvalue weighted by Crippen LogP contribution is 2.34. The molecule has 0 aliphatic heterocycles. The standard InChI is InChI=1S/C10H18N2S/c1-5-7-12-8(9(11)13-7)10(3,4)6-2/h5-6,11H2,1-4H3. The zero-order chi connectivity index (χ0) is 10.1. The summed E-state index contributed by atoms with van der Waals surface area (Å²) in [5.74, 6) is 0. The van der Waals surface area contributed by atoms with Gasteiger partial charge in [-0.15, -0.1) is 11.3 Å². The minimum atomic E-state index is 0.119. The van der Waals surface area contributed by atoms with Crippen molar-refractivity contribution in [1.29, 1.82) is 0 Å². The van der Waals surface area contributed by atoms with E-state index in [1.807, 2.05) is 0 Å². The van der Waals surface area contributed by atoms with Crippen LogP contribution >= 0.6 is 11.3 Å². The minimum Gasteiger partial charge on any atom is -0.389 e. The van der Waals surface area contributed by atoms with E-state index in [0.717, 1.165) is 28.5 Å². The molecule has 74 valence electrons. The van der Waals surface area contributed by atoms with Crippen molar-refractivity contribution in [2.24, 2.45) is 0 Å². The molecule has 0 saturated heterocycles. The maximum absolute atomic E-state index is 5.93. The second-order valence-corrected chi connectivity index (χ2v) is 5.03. The highest BCUT2D eigenvalue weighted by molar-refractivity contribution is 7.15. The van der Waals surface area contributed by atoms with Crippen molar-refractivity contribution in [3.8, 4) is 0 Å². The van der Waals surface area contributed by atoms with E-state index in [1.54, 1.807) is 11.3 Å². The first-order valence-electron chi connectivity index (χ1n) is 4.77. The smallest absolute Gasteiger partial charge is 0.110 e. The van der Waals surface area contributed by atoms with Crippen molar-refractivity contribution in [2.75, 3.05) is 5.73 Å². The molecule has 0 saturated carbocycles. The van der Waals surface area contributed by atoms with Gasteiger partial charge in [0.25, 0.3) is 0 Å². The number of hydrogen-bond donors (Lipinski definition) is 1. The first-order valence-corrected chi connectivity index (χ1v) is 5.58. The highest BCUT2D eigenvalue weighted by Gasteiger charge is 2.24. The van der Waals surface area contributed by atoms with Crippen molar-refractivity contribution in [1.82, 2.24) is 4.98 Å². The Hall–Kier alpha value is -0.570. The number of nitrogen functional groups attached to an aromatic ring is 1. The molecule has 1 heterocycles. The van der Waals surface area contributed by atoms with Gasteiger partial charge in [-0.25, -0.2) is 4.98 Å². The van der Waals surface area contributed by atoms with E-state index in [9.17, 15) is 0 Å². The molecule has 0 atom stereocenters. The predicted molar refractivity (Wildman–Crippen MR) is 59.2 cm³/mol. The van der Waals surface area contributed by atoms with E-state index in [0.29, 0.717) is 0 Å². The Morgan fingerprint density at radius 2 is 2.00 bits per heavy atom. The van der Waals surface area contributed by atoms with E-state index in [2.05, 4.69) is 32.7 Å². The second kappa shape index (κ2) is 3.66. The Morgan fingerprint density at radius 1 is 1.38 bits per heavy atom. The molecule has 2 nitrogen and oxygen atoms in total. The molecule has 0 radical (unpaired) electrons. The lowest BCUT2D eigenvalue weighted by atomic mass is 9.87. The first kappa shape index (κ1) is 10.5.